The summed E-state index contributed by atoms with van der Waals surface area (Å²) in [5.74, 6) is -2.29. The van der Waals surface area contributed by atoms with Gasteiger partial charge in [0.15, 0.2) is 5.54 Å². The third-order valence-corrected chi connectivity index (χ3v) is 5.83. The van der Waals surface area contributed by atoms with Gasteiger partial charge >= 0.3 is 11.9 Å². The van der Waals surface area contributed by atoms with Gasteiger partial charge in [0.05, 0.1) is 5.69 Å². The molecule has 2 unspecified atom stereocenters. The Morgan fingerprint density at radius 2 is 1.82 bits per heavy atom. The van der Waals surface area contributed by atoms with Crippen LogP contribution in [0.1, 0.15) is 35.6 Å². The lowest BCUT2D eigenvalue weighted by molar-refractivity contribution is -0.147. The summed E-state index contributed by atoms with van der Waals surface area (Å²) in [7, 11) is 0. The predicted molar refractivity (Wildman–Crippen MR) is 106 cm³/mol. The van der Waals surface area contributed by atoms with E-state index in [1.165, 1.54) is 0 Å². The first kappa shape index (κ1) is 18.5. The van der Waals surface area contributed by atoms with Gasteiger partial charge in [0.25, 0.3) is 0 Å². The van der Waals surface area contributed by atoms with Crippen LogP contribution in [0.25, 0.3) is 10.9 Å². The van der Waals surface area contributed by atoms with E-state index in [0.717, 1.165) is 22.0 Å². The Hall–Kier alpha value is -2.83. The summed E-state index contributed by atoms with van der Waals surface area (Å²) >= 11 is 6.45. The lowest BCUT2D eigenvalue weighted by atomic mass is 9.77. The number of hydrogen-bond acceptors (Lipinski definition) is 3. The van der Waals surface area contributed by atoms with Crippen molar-refractivity contribution in [1.29, 1.82) is 0 Å². The number of H-pyrrole nitrogens is 1. The van der Waals surface area contributed by atoms with Gasteiger partial charge in [-0.15, -0.1) is 0 Å². The van der Waals surface area contributed by atoms with Crippen LogP contribution in [0.3, 0.4) is 0 Å². The number of carboxylic acids is 2. The van der Waals surface area contributed by atoms with Gasteiger partial charge in [-0.2, -0.15) is 0 Å². The lowest BCUT2D eigenvalue weighted by Gasteiger charge is -2.38. The molecule has 0 aliphatic carbocycles. The van der Waals surface area contributed by atoms with Crippen LogP contribution in [0.15, 0.2) is 48.5 Å². The minimum atomic E-state index is -1.50. The molecule has 28 heavy (non-hydrogen) atoms. The Kier molecular flexibility index (Phi) is 4.61. The SMILES string of the molecule is O=C(O)CCC1(C(=O)O)NCC(c2ccccc2Cl)c2c1[nH]c1ccccc21. The number of carboxylic acid groups (broad SMARTS) is 2. The maximum Gasteiger partial charge on any atom is 0.330 e. The zero-order valence-corrected chi connectivity index (χ0v) is 15.7. The van der Waals surface area contributed by atoms with Crippen LogP contribution in [0.5, 0.6) is 0 Å². The van der Waals surface area contributed by atoms with Crippen LogP contribution in [0.2, 0.25) is 5.02 Å². The first-order chi connectivity index (χ1) is 13.4. The standard InChI is InChI=1S/C21H19ClN2O4/c22-15-7-3-1-5-12(15)14-11-23-21(20(27)28,10-9-17(25)26)19-18(14)13-6-2-4-8-16(13)24-19/h1-8,14,23-24H,9-11H2,(H,25,26)(H,27,28). The third-order valence-electron chi connectivity index (χ3n) is 5.49. The minimum absolute atomic E-state index is 0.0628. The normalized spacial score (nSPS) is 21.4. The highest BCUT2D eigenvalue weighted by Crippen LogP contribution is 2.45. The number of hydrogen-bond donors (Lipinski definition) is 4. The van der Waals surface area contributed by atoms with Crippen molar-refractivity contribution in [3.63, 3.8) is 0 Å². The van der Waals surface area contributed by atoms with E-state index in [1.807, 2.05) is 48.5 Å². The summed E-state index contributed by atoms with van der Waals surface area (Å²) in [4.78, 5) is 26.8. The number of rotatable bonds is 5. The summed E-state index contributed by atoms with van der Waals surface area (Å²) in [5, 5.41) is 23.9. The number of aliphatic carboxylic acids is 2. The van der Waals surface area contributed by atoms with Crippen LogP contribution in [-0.4, -0.2) is 33.7 Å². The van der Waals surface area contributed by atoms with Crippen LogP contribution >= 0.6 is 11.6 Å². The molecule has 0 saturated carbocycles. The highest BCUT2D eigenvalue weighted by molar-refractivity contribution is 6.31. The van der Waals surface area contributed by atoms with Gasteiger partial charge in [-0.1, -0.05) is 48.0 Å². The fourth-order valence-electron chi connectivity index (χ4n) is 4.15. The second-order valence-electron chi connectivity index (χ2n) is 7.02. The van der Waals surface area contributed by atoms with E-state index in [9.17, 15) is 14.7 Å². The molecular formula is C21H19ClN2O4. The summed E-state index contributed by atoms with van der Waals surface area (Å²) in [6.45, 7) is 0.338. The number of fused-ring (bicyclic) bond motifs is 3. The molecule has 0 spiro atoms. The Bertz CT molecular complexity index is 1080. The fraction of sp³-hybridized carbons (Fsp3) is 0.238. The molecular weight excluding hydrogens is 380 g/mol. The van der Waals surface area contributed by atoms with Gasteiger partial charge in [-0.3, -0.25) is 10.1 Å². The number of aromatic amines is 1. The maximum absolute atomic E-state index is 12.3. The highest BCUT2D eigenvalue weighted by Gasteiger charge is 2.48. The topological polar surface area (TPSA) is 102 Å². The Balaban J connectivity index is 1.96. The average molecular weight is 399 g/mol. The maximum atomic E-state index is 12.3. The summed E-state index contributed by atoms with van der Waals surface area (Å²) in [6.07, 6.45) is -0.322. The summed E-state index contributed by atoms with van der Waals surface area (Å²) in [5.41, 5.74) is 1.58. The molecule has 0 radical (unpaired) electrons. The smallest absolute Gasteiger partial charge is 0.330 e. The van der Waals surface area contributed by atoms with Crippen molar-refractivity contribution in [3.05, 3.63) is 70.4 Å². The van der Waals surface area contributed by atoms with Crippen molar-refractivity contribution >= 4 is 34.4 Å². The number of halogens is 1. The van der Waals surface area contributed by atoms with E-state index in [2.05, 4.69) is 10.3 Å². The molecule has 6 nitrogen and oxygen atoms in total. The van der Waals surface area contributed by atoms with Crippen molar-refractivity contribution < 1.29 is 19.8 Å². The van der Waals surface area contributed by atoms with Crippen LogP contribution in [-0.2, 0) is 15.1 Å². The number of para-hydroxylation sites is 1. The first-order valence-corrected chi connectivity index (χ1v) is 9.37. The molecule has 1 aliphatic heterocycles. The van der Waals surface area contributed by atoms with Crippen LogP contribution < -0.4 is 5.32 Å². The Morgan fingerprint density at radius 1 is 1.11 bits per heavy atom. The molecule has 0 saturated heterocycles. The zero-order valence-electron chi connectivity index (χ0n) is 14.9. The average Bonchev–Trinajstić information content (AvgIpc) is 3.07. The van der Waals surface area contributed by atoms with Crippen molar-refractivity contribution in [2.75, 3.05) is 6.54 Å². The predicted octanol–water partition coefficient (Wildman–Crippen LogP) is 3.70. The van der Waals surface area contributed by atoms with Gasteiger partial charge < -0.3 is 15.2 Å². The van der Waals surface area contributed by atoms with Crippen molar-refractivity contribution in [3.8, 4) is 0 Å². The number of benzene rings is 2. The molecule has 3 aromatic rings. The molecule has 2 heterocycles. The van der Waals surface area contributed by atoms with E-state index < -0.39 is 17.5 Å². The summed E-state index contributed by atoms with van der Waals surface area (Å²) < 4.78 is 0. The van der Waals surface area contributed by atoms with Gasteiger partial charge in [0, 0.05) is 34.8 Å². The quantitative estimate of drug-likeness (QED) is 0.524. The molecule has 0 amide bonds. The molecule has 1 aliphatic rings. The molecule has 4 rings (SSSR count). The van der Waals surface area contributed by atoms with Gasteiger partial charge in [-0.25, -0.2) is 4.79 Å². The molecule has 4 N–H and O–H groups in total. The molecule has 0 bridgehead atoms. The van der Waals surface area contributed by atoms with E-state index in [0.29, 0.717) is 17.3 Å². The number of nitrogens with one attached hydrogen (secondary N) is 2. The van der Waals surface area contributed by atoms with E-state index in [-0.39, 0.29) is 18.8 Å². The molecule has 1 aromatic heterocycles. The van der Waals surface area contributed by atoms with Crippen molar-refractivity contribution in [2.45, 2.75) is 24.3 Å². The van der Waals surface area contributed by atoms with Gasteiger partial charge in [0.1, 0.15) is 0 Å². The minimum Gasteiger partial charge on any atom is -0.481 e. The summed E-state index contributed by atoms with van der Waals surface area (Å²) in [6, 6.07) is 15.1. The van der Waals surface area contributed by atoms with Crippen LogP contribution in [0, 0.1) is 0 Å². The third kappa shape index (κ3) is 2.85. The molecule has 144 valence electrons. The van der Waals surface area contributed by atoms with E-state index >= 15 is 0 Å². The van der Waals surface area contributed by atoms with Gasteiger partial charge in [-0.05, 0) is 29.7 Å². The molecule has 2 aromatic carbocycles. The van der Waals surface area contributed by atoms with Crippen LogP contribution in [0.4, 0.5) is 0 Å². The first-order valence-electron chi connectivity index (χ1n) is 9.00. The van der Waals surface area contributed by atoms with E-state index in [1.54, 1.807) is 0 Å². The van der Waals surface area contributed by atoms with Gasteiger partial charge in [0.2, 0.25) is 0 Å². The number of carbonyl (C=O) groups is 2. The van der Waals surface area contributed by atoms with Crippen molar-refractivity contribution in [2.24, 2.45) is 0 Å². The molecule has 0 fully saturated rings. The second-order valence-corrected chi connectivity index (χ2v) is 7.43. The largest absolute Gasteiger partial charge is 0.481 e. The molecule has 7 heteroatoms. The monoisotopic (exact) mass is 398 g/mol. The number of aromatic nitrogens is 1. The highest BCUT2D eigenvalue weighted by atomic mass is 35.5. The fourth-order valence-corrected chi connectivity index (χ4v) is 4.42. The lowest BCUT2D eigenvalue weighted by Crippen LogP contribution is -2.54. The second kappa shape index (κ2) is 6.96. The Labute approximate surface area is 166 Å². The van der Waals surface area contributed by atoms with E-state index in [4.69, 9.17) is 16.7 Å². The Morgan fingerprint density at radius 3 is 2.54 bits per heavy atom. The van der Waals surface area contributed by atoms with Crippen molar-refractivity contribution in [1.82, 2.24) is 10.3 Å². The molecule has 2 atom stereocenters. The zero-order chi connectivity index (χ0) is 19.9.